The fraction of sp³-hybridized carbons (Fsp3) is 0.360. The summed E-state index contributed by atoms with van der Waals surface area (Å²) in [5.74, 6) is 0. The van der Waals surface area contributed by atoms with E-state index >= 15 is 0 Å². The summed E-state index contributed by atoms with van der Waals surface area (Å²) in [5.41, 5.74) is 3.95. The van der Waals surface area contributed by atoms with Gasteiger partial charge in [0.1, 0.15) is 0 Å². The van der Waals surface area contributed by atoms with E-state index in [0.29, 0.717) is 11.7 Å². The van der Waals surface area contributed by atoms with Gasteiger partial charge in [-0.2, -0.15) is 0 Å². The topological polar surface area (TPSA) is 51.4 Å². The van der Waals surface area contributed by atoms with Gasteiger partial charge in [-0.05, 0) is 74.4 Å². The molecule has 2 aromatic carbocycles. The van der Waals surface area contributed by atoms with E-state index in [4.69, 9.17) is 12.2 Å². The molecule has 5 nitrogen and oxygen atoms in total. The smallest absolute Gasteiger partial charge is 0.253 e. The first-order valence-corrected chi connectivity index (χ1v) is 11.2. The second kappa shape index (κ2) is 10.6. The molecule has 0 saturated carbocycles. The maximum Gasteiger partial charge on any atom is 0.253 e. The standard InChI is InChI=1S/C25H32N4OS/c1-5-19-11-12-23-21(15-19)16-22(24(30)27-23)17-29(14-13-28(3)4)25(31)26-18(2)20-9-7-6-8-10-20/h6-12,15-16,18H,5,13-14,17H2,1-4H3,(H,26,31)(H,27,30)/t18-/m0/s1. The summed E-state index contributed by atoms with van der Waals surface area (Å²) in [7, 11) is 4.08. The van der Waals surface area contributed by atoms with Gasteiger partial charge >= 0.3 is 0 Å². The third kappa shape index (κ3) is 6.15. The molecule has 1 atom stereocenters. The quantitative estimate of drug-likeness (QED) is 0.521. The highest BCUT2D eigenvalue weighted by molar-refractivity contribution is 7.80. The first-order chi connectivity index (χ1) is 14.9. The van der Waals surface area contributed by atoms with Crippen molar-refractivity contribution in [1.82, 2.24) is 20.1 Å². The van der Waals surface area contributed by atoms with Crippen molar-refractivity contribution >= 4 is 28.2 Å². The number of pyridine rings is 1. The average molecular weight is 437 g/mol. The zero-order chi connectivity index (χ0) is 22.4. The number of aryl methyl sites for hydroxylation is 1. The monoisotopic (exact) mass is 436 g/mol. The molecule has 2 N–H and O–H groups in total. The summed E-state index contributed by atoms with van der Waals surface area (Å²) in [6.07, 6.45) is 0.963. The number of fused-ring (bicyclic) bond motifs is 1. The molecule has 3 rings (SSSR count). The molecule has 0 spiro atoms. The molecule has 0 saturated heterocycles. The molecule has 0 amide bonds. The van der Waals surface area contributed by atoms with Crippen LogP contribution in [-0.4, -0.2) is 47.1 Å². The molecular formula is C25H32N4OS. The Labute approximate surface area is 190 Å². The molecule has 0 bridgehead atoms. The molecule has 0 aliphatic heterocycles. The van der Waals surface area contributed by atoms with E-state index in [0.717, 1.165) is 36.0 Å². The van der Waals surface area contributed by atoms with Crippen molar-refractivity contribution in [2.75, 3.05) is 27.2 Å². The van der Waals surface area contributed by atoms with Crippen LogP contribution < -0.4 is 10.9 Å². The van der Waals surface area contributed by atoms with Crippen LogP contribution in [0.15, 0.2) is 59.4 Å². The second-order valence-corrected chi connectivity index (χ2v) is 8.59. The van der Waals surface area contributed by atoms with Crippen LogP contribution in [0.5, 0.6) is 0 Å². The zero-order valence-corrected chi connectivity index (χ0v) is 19.6. The van der Waals surface area contributed by atoms with Crippen LogP contribution in [0.1, 0.15) is 36.6 Å². The van der Waals surface area contributed by atoms with Gasteiger partial charge in [0.05, 0.1) is 12.6 Å². The van der Waals surface area contributed by atoms with Gasteiger partial charge in [-0.25, -0.2) is 0 Å². The highest BCUT2D eigenvalue weighted by atomic mass is 32.1. The number of aromatic amines is 1. The molecule has 0 unspecified atom stereocenters. The van der Waals surface area contributed by atoms with Gasteiger partial charge in [0, 0.05) is 24.2 Å². The lowest BCUT2D eigenvalue weighted by Crippen LogP contribution is -2.44. The summed E-state index contributed by atoms with van der Waals surface area (Å²) in [5, 5.41) is 5.15. The Morgan fingerprint density at radius 1 is 1.10 bits per heavy atom. The van der Waals surface area contributed by atoms with E-state index in [9.17, 15) is 4.79 Å². The Balaban J connectivity index is 1.83. The zero-order valence-electron chi connectivity index (χ0n) is 18.8. The first kappa shape index (κ1) is 23.0. The highest BCUT2D eigenvalue weighted by Crippen LogP contribution is 2.16. The Kier molecular flexibility index (Phi) is 7.82. The third-order valence-electron chi connectivity index (χ3n) is 5.50. The summed E-state index contributed by atoms with van der Waals surface area (Å²) in [6, 6.07) is 18.5. The number of hydrogen-bond acceptors (Lipinski definition) is 3. The van der Waals surface area contributed by atoms with Crippen LogP contribution in [0.4, 0.5) is 0 Å². The number of benzene rings is 2. The number of rotatable bonds is 8. The number of likely N-dealkylation sites (N-methyl/N-ethyl adjacent to an activating group) is 1. The Hall–Kier alpha value is -2.70. The SMILES string of the molecule is CCc1ccc2[nH]c(=O)c(CN(CCN(C)C)C(=S)N[C@@H](C)c3ccccc3)cc2c1. The Morgan fingerprint density at radius 3 is 2.52 bits per heavy atom. The molecule has 0 aliphatic rings. The van der Waals surface area contributed by atoms with E-state index in [2.05, 4.69) is 58.2 Å². The van der Waals surface area contributed by atoms with E-state index < -0.39 is 0 Å². The average Bonchev–Trinajstić information content (AvgIpc) is 2.76. The van der Waals surface area contributed by atoms with Crippen LogP contribution in [0, 0.1) is 0 Å². The van der Waals surface area contributed by atoms with Gasteiger partial charge in [-0.15, -0.1) is 0 Å². The lowest BCUT2D eigenvalue weighted by molar-refractivity contribution is 0.320. The number of H-pyrrole nitrogens is 1. The number of nitrogens with zero attached hydrogens (tertiary/aromatic N) is 2. The summed E-state index contributed by atoms with van der Waals surface area (Å²) in [4.78, 5) is 20.0. The second-order valence-electron chi connectivity index (χ2n) is 8.21. The van der Waals surface area contributed by atoms with Crippen molar-refractivity contribution in [3.05, 3.63) is 81.6 Å². The van der Waals surface area contributed by atoms with Crippen molar-refractivity contribution in [2.45, 2.75) is 32.9 Å². The van der Waals surface area contributed by atoms with Crippen molar-refractivity contribution in [3.8, 4) is 0 Å². The van der Waals surface area contributed by atoms with Crippen LogP contribution >= 0.6 is 12.2 Å². The Bertz CT molecular complexity index is 1080. The Morgan fingerprint density at radius 2 is 1.84 bits per heavy atom. The number of aromatic nitrogens is 1. The molecule has 1 heterocycles. The number of nitrogens with one attached hydrogen (secondary N) is 2. The van der Waals surface area contributed by atoms with E-state index in [-0.39, 0.29) is 11.6 Å². The van der Waals surface area contributed by atoms with Gasteiger partial charge < -0.3 is 20.1 Å². The fourth-order valence-electron chi connectivity index (χ4n) is 3.52. The van der Waals surface area contributed by atoms with E-state index in [1.54, 1.807) is 0 Å². The lowest BCUT2D eigenvalue weighted by atomic mass is 10.1. The molecular weight excluding hydrogens is 404 g/mol. The van der Waals surface area contributed by atoms with Crippen LogP contribution in [0.3, 0.4) is 0 Å². The minimum atomic E-state index is -0.0643. The van der Waals surface area contributed by atoms with E-state index in [1.807, 2.05) is 44.4 Å². The van der Waals surface area contributed by atoms with Gasteiger partial charge in [-0.1, -0.05) is 43.3 Å². The lowest BCUT2D eigenvalue weighted by Gasteiger charge is -2.29. The molecule has 0 radical (unpaired) electrons. The summed E-state index contributed by atoms with van der Waals surface area (Å²) < 4.78 is 0. The van der Waals surface area contributed by atoms with Crippen molar-refractivity contribution in [1.29, 1.82) is 0 Å². The minimum absolute atomic E-state index is 0.0643. The summed E-state index contributed by atoms with van der Waals surface area (Å²) >= 11 is 5.77. The molecule has 3 aromatic rings. The fourth-order valence-corrected chi connectivity index (χ4v) is 3.85. The minimum Gasteiger partial charge on any atom is -0.356 e. The molecule has 1 aromatic heterocycles. The van der Waals surface area contributed by atoms with Gasteiger partial charge in [0.25, 0.3) is 5.56 Å². The summed E-state index contributed by atoms with van der Waals surface area (Å²) in [6.45, 7) is 6.26. The normalized spacial score (nSPS) is 12.2. The maximum absolute atomic E-state index is 12.8. The number of thiocarbonyl (C=S) groups is 1. The van der Waals surface area contributed by atoms with Crippen LogP contribution in [0.25, 0.3) is 10.9 Å². The van der Waals surface area contributed by atoms with Crippen LogP contribution in [-0.2, 0) is 13.0 Å². The first-order valence-electron chi connectivity index (χ1n) is 10.8. The predicted octanol–water partition coefficient (Wildman–Crippen LogP) is 4.09. The van der Waals surface area contributed by atoms with Gasteiger partial charge in [-0.3, -0.25) is 4.79 Å². The number of hydrogen-bond donors (Lipinski definition) is 2. The van der Waals surface area contributed by atoms with Crippen LogP contribution in [0.2, 0.25) is 0 Å². The largest absolute Gasteiger partial charge is 0.356 e. The van der Waals surface area contributed by atoms with E-state index in [1.165, 1.54) is 11.1 Å². The van der Waals surface area contributed by atoms with Crippen molar-refractivity contribution < 1.29 is 0 Å². The third-order valence-corrected chi connectivity index (χ3v) is 5.87. The van der Waals surface area contributed by atoms with Crippen molar-refractivity contribution in [2.24, 2.45) is 0 Å². The molecule has 31 heavy (non-hydrogen) atoms. The molecule has 164 valence electrons. The van der Waals surface area contributed by atoms with Crippen molar-refractivity contribution in [3.63, 3.8) is 0 Å². The molecule has 6 heteroatoms. The van der Waals surface area contributed by atoms with Gasteiger partial charge in [0.2, 0.25) is 0 Å². The predicted molar refractivity (Wildman–Crippen MR) is 134 cm³/mol. The molecule has 0 fully saturated rings. The highest BCUT2D eigenvalue weighted by Gasteiger charge is 2.16. The van der Waals surface area contributed by atoms with Gasteiger partial charge in [0.15, 0.2) is 5.11 Å². The maximum atomic E-state index is 12.8. The molecule has 0 aliphatic carbocycles.